The summed E-state index contributed by atoms with van der Waals surface area (Å²) in [7, 11) is 0. The van der Waals surface area contributed by atoms with E-state index >= 15 is 0 Å². The van der Waals surface area contributed by atoms with E-state index < -0.39 is 0 Å². The first-order chi connectivity index (χ1) is 9.35. The molecule has 1 aliphatic heterocycles. The minimum atomic E-state index is 0.632. The molecule has 1 unspecified atom stereocenters. The number of hydrogen-bond donors (Lipinski definition) is 0. The summed E-state index contributed by atoms with van der Waals surface area (Å²) in [6.45, 7) is 7.56. The Kier molecular flexibility index (Phi) is 5.71. The predicted octanol–water partition coefficient (Wildman–Crippen LogP) is 4.41. The van der Waals surface area contributed by atoms with Gasteiger partial charge in [0.2, 0.25) is 0 Å². The van der Waals surface area contributed by atoms with Gasteiger partial charge in [0.1, 0.15) is 5.75 Å². The fourth-order valence-corrected chi connectivity index (χ4v) is 2.99. The minimum Gasteiger partial charge on any atom is -0.494 e. The minimum absolute atomic E-state index is 0.632. The zero-order valence-electron chi connectivity index (χ0n) is 12.4. The van der Waals surface area contributed by atoms with E-state index in [1.165, 1.54) is 50.8 Å². The van der Waals surface area contributed by atoms with E-state index in [-0.39, 0.29) is 0 Å². The first-order valence-electron chi connectivity index (χ1n) is 7.82. The van der Waals surface area contributed by atoms with E-state index in [0.29, 0.717) is 6.04 Å². The van der Waals surface area contributed by atoms with E-state index in [1.54, 1.807) is 0 Å². The Bertz CT molecular complexity index is 360. The smallest absolute Gasteiger partial charge is 0.119 e. The molecule has 0 amide bonds. The van der Waals surface area contributed by atoms with Crippen LogP contribution in [0.5, 0.6) is 5.75 Å². The summed E-state index contributed by atoms with van der Waals surface area (Å²) < 4.78 is 5.52. The van der Waals surface area contributed by atoms with Crippen molar-refractivity contribution in [3.63, 3.8) is 0 Å². The van der Waals surface area contributed by atoms with Gasteiger partial charge in [0.15, 0.2) is 0 Å². The molecule has 2 rings (SSSR count). The van der Waals surface area contributed by atoms with Crippen LogP contribution in [-0.2, 0) is 0 Å². The second kappa shape index (κ2) is 7.54. The van der Waals surface area contributed by atoms with Crippen molar-refractivity contribution >= 4 is 0 Å². The maximum atomic E-state index is 5.52. The van der Waals surface area contributed by atoms with Crippen molar-refractivity contribution < 1.29 is 4.74 Å². The first-order valence-corrected chi connectivity index (χ1v) is 7.82. The van der Waals surface area contributed by atoms with Gasteiger partial charge in [0.05, 0.1) is 6.61 Å². The van der Waals surface area contributed by atoms with Crippen molar-refractivity contribution in [2.45, 2.75) is 52.0 Å². The van der Waals surface area contributed by atoms with Crippen LogP contribution in [0.1, 0.15) is 57.6 Å². The highest BCUT2D eigenvalue weighted by Crippen LogP contribution is 2.32. The highest BCUT2D eigenvalue weighted by molar-refractivity contribution is 5.29. The molecule has 0 N–H and O–H groups in total. The Morgan fingerprint density at radius 1 is 1.16 bits per heavy atom. The average Bonchev–Trinajstić information content (AvgIpc) is 2.89. The summed E-state index contributed by atoms with van der Waals surface area (Å²) in [6.07, 6.45) is 6.64. The molecule has 1 aromatic carbocycles. The van der Waals surface area contributed by atoms with Crippen molar-refractivity contribution in [1.29, 1.82) is 0 Å². The molecule has 1 aromatic rings. The van der Waals surface area contributed by atoms with Gasteiger partial charge in [0.25, 0.3) is 0 Å². The number of hydrogen-bond acceptors (Lipinski definition) is 2. The molecule has 2 nitrogen and oxygen atoms in total. The molecular weight excluding hydrogens is 234 g/mol. The number of ether oxygens (including phenoxy) is 1. The molecule has 0 saturated carbocycles. The fraction of sp³-hybridized carbons (Fsp3) is 0.647. The summed E-state index contributed by atoms with van der Waals surface area (Å²) in [6, 6.07) is 9.34. The molecule has 1 heterocycles. The van der Waals surface area contributed by atoms with E-state index in [2.05, 4.69) is 36.1 Å². The summed E-state index contributed by atoms with van der Waals surface area (Å²) in [4.78, 5) is 2.66. The maximum Gasteiger partial charge on any atom is 0.119 e. The van der Waals surface area contributed by atoms with Crippen LogP contribution in [0.25, 0.3) is 0 Å². The lowest BCUT2D eigenvalue weighted by Gasteiger charge is -2.25. The molecule has 106 valence electrons. The van der Waals surface area contributed by atoms with Crippen molar-refractivity contribution in [1.82, 2.24) is 4.90 Å². The Balaban J connectivity index is 1.94. The molecular formula is C17H27NO. The van der Waals surface area contributed by atoms with Gasteiger partial charge in [-0.1, -0.05) is 31.9 Å². The third kappa shape index (κ3) is 3.97. The van der Waals surface area contributed by atoms with Crippen LogP contribution in [0.4, 0.5) is 0 Å². The van der Waals surface area contributed by atoms with Crippen molar-refractivity contribution in [3.8, 4) is 5.75 Å². The number of nitrogens with zero attached hydrogens (tertiary/aromatic N) is 1. The van der Waals surface area contributed by atoms with Gasteiger partial charge in [-0.3, -0.25) is 4.90 Å². The van der Waals surface area contributed by atoms with Gasteiger partial charge < -0.3 is 4.74 Å². The molecule has 0 aliphatic carbocycles. The van der Waals surface area contributed by atoms with Crippen LogP contribution in [0.3, 0.4) is 0 Å². The molecule has 0 spiro atoms. The van der Waals surface area contributed by atoms with Crippen LogP contribution >= 0.6 is 0 Å². The Hall–Kier alpha value is -1.02. The quantitative estimate of drug-likeness (QED) is 0.674. The van der Waals surface area contributed by atoms with Crippen molar-refractivity contribution in [2.75, 3.05) is 19.7 Å². The molecule has 0 bridgehead atoms. The zero-order valence-corrected chi connectivity index (χ0v) is 12.4. The predicted molar refractivity (Wildman–Crippen MR) is 80.7 cm³/mol. The lowest BCUT2D eigenvalue weighted by atomic mass is 10.0. The number of unbranched alkanes of at least 4 members (excludes halogenated alkanes) is 2. The lowest BCUT2D eigenvalue weighted by Crippen LogP contribution is -2.24. The van der Waals surface area contributed by atoms with Gasteiger partial charge in [-0.05, 0) is 57.0 Å². The number of benzene rings is 1. The van der Waals surface area contributed by atoms with Crippen molar-refractivity contribution in [2.24, 2.45) is 0 Å². The zero-order chi connectivity index (χ0) is 13.5. The second-order valence-electron chi connectivity index (χ2n) is 5.40. The normalized spacial score (nSPS) is 19.8. The third-order valence-corrected chi connectivity index (χ3v) is 3.99. The fourth-order valence-electron chi connectivity index (χ4n) is 2.99. The third-order valence-electron chi connectivity index (χ3n) is 3.99. The molecule has 1 fully saturated rings. The molecule has 2 heteroatoms. The van der Waals surface area contributed by atoms with Crippen LogP contribution in [-0.4, -0.2) is 24.6 Å². The standard InChI is InChI=1S/C17H27NO/c1-3-5-6-13-18-14-7-8-17(18)15-9-11-16(12-10-15)19-4-2/h9-12,17H,3-8,13-14H2,1-2H3. The maximum absolute atomic E-state index is 5.52. The highest BCUT2D eigenvalue weighted by atomic mass is 16.5. The summed E-state index contributed by atoms with van der Waals surface area (Å²) in [5, 5.41) is 0. The molecule has 0 radical (unpaired) electrons. The van der Waals surface area contributed by atoms with Gasteiger partial charge in [-0.2, -0.15) is 0 Å². The highest BCUT2D eigenvalue weighted by Gasteiger charge is 2.25. The monoisotopic (exact) mass is 261 g/mol. The van der Waals surface area contributed by atoms with Crippen molar-refractivity contribution in [3.05, 3.63) is 29.8 Å². The molecule has 1 aliphatic rings. The number of rotatable bonds is 7. The largest absolute Gasteiger partial charge is 0.494 e. The van der Waals surface area contributed by atoms with Crippen LogP contribution in [0, 0.1) is 0 Å². The number of likely N-dealkylation sites (tertiary alicyclic amines) is 1. The Morgan fingerprint density at radius 2 is 1.95 bits per heavy atom. The van der Waals surface area contributed by atoms with Crippen LogP contribution < -0.4 is 4.74 Å². The van der Waals surface area contributed by atoms with Gasteiger partial charge in [-0.15, -0.1) is 0 Å². The first kappa shape index (κ1) is 14.4. The van der Waals surface area contributed by atoms with Crippen LogP contribution in [0.2, 0.25) is 0 Å². The van der Waals surface area contributed by atoms with Gasteiger partial charge in [0, 0.05) is 6.04 Å². The van der Waals surface area contributed by atoms with E-state index in [0.717, 1.165) is 12.4 Å². The van der Waals surface area contributed by atoms with E-state index in [9.17, 15) is 0 Å². The molecule has 0 aromatic heterocycles. The summed E-state index contributed by atoms with van der Waals surface area (Å²) in [5.41, 5.74) is 1.46. The van der Waals surface area contributed by atoms with E-state index in [4.69, 9.17) is 4.74 Å². The molecule has 1 atom stereocenters. The summed E-state index contributed by atoms with van der Waals surface area (Å²) in [5.74, 6) is 0.988. The average molecular weight is 261 g/mol. The summed E-state index contributed by atoms with van der Waals surface area (Å²) >= 11 is 0. The second-order valence-corrected chi connectivity index (χ2v) is 5.40. The SMILES string of the molecule is CCCCCN1CCCC1c1ccc(OCC)cc1. The Morgan fingerprint density at radius 3 is 2.63 bits per heavy atom. The lowest BCUT2D eigenvalue weighted by molar-refractivity contribution is 0.251. The Labute approximate surface area is 117 Å². The molecule has 19 heavy (non-hydrogen) atoms. The van der Waals surface area contributed by atoms with E-state index in [1.807, 2.05) is 6.92 Å². The van der Waals surface area contributed by atoms with Gasteiger partial charge in [-0.25, -0.2) is 0 Å². The topological polar surface area (TPSA) is 12.5 Å². The van der Waals surface area contributed by atoms with Crippen LogP contribution in [0.15, 0.2) is 24.3 Å². The molecule has 1 saturated heterocycles. The van der Waals surface area contributed by atoms with Gasteiger partial charge >= 0.3 is 0 Å².